The molecule has 0 unspecified atom stereocenters. The number of anilines is 2. The first-order chi connectivity index (χ1) is 14.9. The van der Waals surface area contributed by atoms with Gasteiger partial charge in [-0.15, -0.1) is 0 Å². The number of para-hydroxylation sites is 2. The third-order valence-corrected chi connectivity index (χ3v) is 8.23. The molecular weight excluding hydrogens is 386 g/mol. The van der Waals surface area contributed by atoms with Gasteiger partial charge in [0.15, 0.2) is 0 Å². The molecule has 3 aliphatic rings. The standard InChI is InChI=1S/C26H35N3S/c1-6-17-28(18-7-1)22-14-20-27(21-15-22)16-8-9-19-29-23-10-2-4-12-25(23)30-26-13-5-3-11-24(26)29/h2-5,10-13,22H,1,6-9,14-21H2. The SMILES string of the molecule is c1ccc2c(c1)Sc1ccccc1N2CCCCN1CCC(N2CCCCC2)CC1. The lowest BCUT2D eigenvalue weighted by atomic mass is 10.00. The van der Waals surface area contributed by atoms with Crippen LogP contribution in [0.1, 0.15) is 44.9 Å². The van der Waals surface area contributed by atoms with Gasteiger partial charge in [-0.2, -0.15) is 0 Å². The van der Waals surface area contributed by atoms with Crippen LogP contribution < -0.4 is 4.90 Å². The number of benzene rings is 2. The first-order valence-corrected chi connectivity index (χ1v) is 12.8. The molecule has 0 amide bonds. The minimum absolute atomic E-state index is 0.861. The molecule has 3 heterocycles. The second-order valence-corrected chi connectivity index (χ2v) is 10.1. The summed E-state index contributed by atoms with van der Waals surface area (Å²) >= 11 is 1.91. The van der Waals surface area contributed by atoms with Crippen molar-refractivity contribution in [1.29, 1.82) is 0 Å². The maximum absolute atomic E-state index is 2.78. The van der Waals surface area contributed by atoms with Crippen LogP contribution in [0.4, 0.5) is 11.4 Å². The largest absolute Gasteiger partial charge is 0.340 e. The van der Waals surface area contributed by atoms with Crippen LogP contribution in [0.3, 0.4) is 0 Å². The Bertz CT molecular complexity index is 779. The molecular formula is C26H35N3S. The molecule has 0 saturated carbocycles. The molecule has 3 nitrogen and oxygen atoms in total. The van der Waals surface area contributed by atoms with Gasteiger partial charge in [0.25, 0.3) is 0 Å². The Morgan fingerprint density at radius 3 is 1.97 bits per heavy atom. The topological polar surface area (TPSA) is 9.72 Å². The highest BCUT2D eigenvalue weighted by atomic mass is 32.2. The van der Waals surface area contributed by atoms with Crippen LogP contribution >= 0.6 is 11.8 Å². The van der Waals surface area contributed by atoms with Crippen molar-refractivity contribution >= 4 is 23.1 Å². The number of piperidine rings is 2. The lowest BCUT2D eigenvalue weighted by Gasteiger charge is -2.40. The van der Waals surface area contributed by atoms with Gasteiger partial charge in [0.2, 0.25) is 0 Å². The van der Waals surface area contributed by atoms with Crippen LogP contribution in [0.2, 0.25) is 0 Å². The fourth-order valence-electron chi connectivity index (χ4n) is 5.42. The van der Waals surface area contributed by atoms with E-state index in [9.17, 15) is 0 Å². The van der Waals surface area contributed by atoms with Crippen LogP contribution in [0.25, 0.3) is 0 Å². The molecule has 160 valence electrons. The fourth-order valence-corrected chi connectivity index (χ4v) is 6.51. The summed E-state index contributed by atoms with van der Waals surface area (Å²) in [6.07, 6.45) is 9.58. The van der Waals surface area contributed by atoms with Crippen molar-refractivity contribution in [3.63, 3.8) is 0 Å². The minimum atomic E-state index is 0.861. The van der Waals surface area contributed by atoms with Crippen molar-refractivity contribution in [3.8, 4) is 0 Å². The summed E-state index contributed by atoms with van der Waals surface area (Å²) in [5.41, 5.74) is 2.76. The average Bonchev–Trinajstić information content (AvgIpc) is 2.82. The van der Waals surface area contributed by atoms with E-state index in [1.54, 1.807) is 0 Å². The average molecular weight is 422 g/mol. The molecule has 4 heteroatoms. The second kappa shape index (κ2) is 9.76. The number of fused-ring (bicyclic) bond motifs is 2. The molecule has 0 radical (unpaired) electrons. The van der Waals surface area contributed by atoms with Crippen molar-refractivity contribution in [2.75, 3.05) is 44.2 Å². The Morgan fingerprint density at radius 2 is 1.30 bits per heavy atom. The number of rotatable bonds is 6. The van der Waals surface area contributed by atoms with E-state index < -0.39 is 0 Å². The fraction of sp³-hybridized carbons (Fsp3) is 0.538. The molecule has 3 aliphatic heterocycles. The van der Waals surface area contributed by atoms with Crippen molar-refractivity contribution in [2.45, 2.75) is 60.8 Å². The summed E-state index contributed by atoms with van der Waals surface area (Å²) in [7, 11) is 0. The molecule has 2 aromatic carbocycles. The quantitative estimate of drug-likeness (QED) is 0.527. The van der Waals surface area contributed by atoms with Gasteiger partial charge in [0.1, 0.15) is 0 Å². The van der Waals surface area contributed by atoms with E-state index in [2.05, 4.69) is 63.2 Å². The Balaban J connectivity index is 1.11. The van der Waals surface area contributed by atoms with Gasteiger partial charge in [-0.05, 0) is 95.5 Å². The van der Waals surface area contributed by atoms with Crippen LogP contribution in [0.5, 0.6) is 0 Å². The van der Waals surface area contributed by atoms with E-state index in [1.165, 1.54) is 98.8 Å². The Morgan fingerprint density at radius 1 is 0.700 bits per heavy atom. The molecule has 0 aromatic heterocycles. The number of hydrogen-bond donors (Lipinski definition) is 0. The summed E-state index contributed by atoms with van der Waals surface area (Å²) in [6.45, 7) is 7.67. The molecule has 5 rings (SSSR count). The molecule has 0 atom stereocenters. The highest BCUT2D eigenvalue weighted by molar-refractivity contribution is 7.99. The number of nitrogens with zero attached hydrogens (tertiary/aromatic N) is 3. The maximum Gasteiger partial charge on any atom is 0.0552 e. The Hall–Kier alpha value is -1.49. The smallest absolute Gasteiger partial charge is 0.0552 e. The van der Waals surface area contributed by atoms with Gasteiger partial charge >= 0.3 is 0 Å². The normalized spacial score (nSPS) is 20.7. The van der Waals surface area contributed by atoms with E-state index in [4.69, 9.17) is 0 Å². The maximum atomic E-state index is 2.78. The van der Waals surface area contributed by atoms with Crippen molar-refractivity contribution in [3.05, 3.63) is 48.5 Å². The Kier molecular flexibility index (Phi) is 6.64. The molecule has 0 N–H and O–H groups in total. The molecule has 0 spiro atoms. The van der Waals surface area contributed by atoms with Gasteiger partial charge in [-0.25, -0.2) is 0 Å². The number of likely N-dealkylation sites (tertiary alicyclic amines) is 2. The number of unbranched alkanes of at least 4 members (excludes halogenated alkanes) is 1. The van der Waals surface area contributed by atoms with Gasteiger partial charge in [-0.3, -0.25) is 0 Å². The minimum Gasteiger partial charge on any atom is -0.340 e. The first-order valence-electron chi connectivity index (χ1n) is 12.0. The number of hydrogen-bond acceptors (Lipinski definition) is 4. The highest BCUT2D eigenvalue weighted by Gasteiger charge is 2.26. The summed E-state index contributed by atoms with van der Waals surface area (Å²) in [5.74, 6) is 0. The lowest BCUT2D eigenvalue weighted by Crippen LogP contribution is -2.46. The van der Waals surface area contributed by atoms with Gasteiger partial charge in [0.05, 0.1) is 11.4 Å². The zero-order valence-electron chi connectivity index (χ0n) is 18.1. The molecule has 2 fully saturated rings. The molecule has 30 heavy (non-hydrogen) atoms. The predicted molar refractivity (Wildman–Crippen MR) is 128 cm³/mol. The van der Waals surface area contributed by atoms with E-state index >= 15 is 0 Å². The van der Waals surface area contributed by atoms with Crippen molar-refractivity contribution in [2.24, 2.45) is 0 Å². The van der Waals surface area contributed by atoms with Crippen LogP contribution in [-0.4, -0.2) is 55.1 Å². The summed E-state index contributed by atoms with van der Waals surface area (Å²) in [6, 6.07) is 18.6. The Labute approximate surface area is 186 Å². The van der Waals surface area contributed by atoms with E-state index in [1.807, 2.05) is 11.8 Å². The third-order valence-electron chi connectivity index (χ3n) is 7.10. The predicted octanol–water partition coefficient (Wildman–Crippen LogP) is 6.02. The van der Waals surface area contributed by atoms with E-state index in [0.29, 0.717) is 0 Å². The van der Waals surface area contributed by atoms with E-state index in [0.717, 1.165) is 12.6 Å². The van der Waals surface area contributed by atoms with Gasteiger partial charge in [0, 0.05) is 22.4 Å². The summed E-state index contributed by atoms with van der Waals surface area (Å²) in [4.78, 5) is 10.8. The van der Waals surface area contributed by atoms with E-state index in [-0.39, 0.29) is 0 Å². The van der Waals surface area contributed by atoms with Gasteiger partial charge < -0.3 is 14.7 Å². The van der Waals surface area contributed by atoms with Crippen LogP contribution in [-0.2, 0) is 0 Å². The summed E-state index contributed by atoms with van der Waals surface area (Å²) < 4.78 is 0. The monoisotopic (exact) mass is 421 g/mol. The molecule has 2 saturated heterocycles. The zero-order valence-corrected chi connectivity index (χ0v) is 19.0. The second-order valence-electron chi connectivity index (χ2n) is 9.07. The van der Waals surface area contributed by atoms with Gasteiger partial charge in [-0.1, -0.05) is 42.4 Å². The summed E-state index contributed by atoms with van der Waals surface area (Å²) in [5, 5.41) is 0. The molecule has 2 aromatic rings. The van der Waals surface area contributed by atoms with Crippen LogP contribution in [0, 0.1) is 0 Å². The molecule has 0 aliphatic carbocycles. The van der Waals surface area contributed by atoms with Crippen molar-refractivity contribution in [1.82, 2.24) is 9.80 Å². The third kappa shape index (κ3) is 4.56. The lowest BCUT2D eigenvalue weighted by molar-refractivity contribution is 0.0920. The van der Waals surface area contributed by atoms with Crippen molar-refractivity contribution < 1.29 is 0 Å². The molecule has 0 bridgehead atoms. The first kappa shape index (κ1) is 20.4. The zero-order chi connectivity index (χ0) is 20.2. The highest BCUT2D eigenvalue weighted by Crippen LogP contribution is 2.47. The van der Waals surface area contributed by atoms with Crippen LogP contribution in [0.15, 0.2) is 58.3 Å².